The van der Waals surface area contributed by atoms with Gasteiger partial charge in [0, 0.05) is 0 Å². The van der Waals surface area contributed by atoms with Gasteiger partial charge in [-0.2, -0.15) is 10.4 Å². The van der Waals surface area contributed by atoms with Crippen LogP contribution in [0.25, 0.3) is 11.0 Å². The van der Waals surface area contributed by atoms with Crippen LogP contribution in [0.4, 0.5) is 5.82 Å². The van der Waals surface area contributed by atoms with E-state index in [0.29, 0.717) is 0 Å². The molecule has 1 fully saturated rings. The molecule has 5 N–H and O–H groups in total. The quantitative estimate of drug-likeness (QED) is 0.419. The summed E-state index contributed by atoms with van der Waals surface area (Å²) in [5, 5.41) is 52.3. The molecule has 1 aliphatic rings. The summed E-state index contributed by atoms with van der Waals surface area (Å²) in [5.74, 6) is -0.0327. The van der Waals surface area contributed by atoms with Gasteiger partial charge in [0.25, 0.3) is 0 Å². The maximum Gasteiger partial charge on any atom is 0.183 e. The Labute approximate surface area is 129 Å². The first-order chi connectivity index (χ1) is 11.0. The molecule has 3 rings (SSSR count). The van der Waals surface area contributed by atoms with Crippen LogP contribution in [-0.4, -0.2) is 64.7 Å². The molecule has 4 atom stereocenters. The molecule has 0 aromatic carbocycles. The van der Waals surface area contributed by atoms with Crippen molar-refractivity contribution >= 4 is 16.9 Å². The number of fused-ring (bicyclic) bond motifs is 1. The monoisotopic (exact) mass is 322 g/mol. The molecule has 2 aromatic rings. The second-order valence-electron chi connectivity index (χ2n) is 5.32. The van der Waals surface area contributed by atoms with Crippen molar-refractivity contribution < 1.29 is 25.3 Å². The molecule has 0 saturated carbocycles. The van der Waals surface area contributed by atoms with Crippen LogP contribution in [0.1, 0.15) is 18.8 Å². The van der Waals surface area contributed by atoms with E-state index in [2.05, 4.69) is 15.1 Å². The summed E-state index contributed by atoms with van der Waals surface area (Å²) in [6.45, 7) is 0.820. The molecule has 0 amide bonds. The van der Waals surface area contributed by atoms with Gasteiger partial charge in [0.15, 0.2) is 23.4 Å². The molecular weight excluding hydrogens is 308 g/mol. The maximum absolute atomic E-state index is 10.5. The third-order valence-corrected chi connectivity index (χ3v) is 3.86. The highest BCUT2D eigenvalue weighted by molar-refractivity contribution is 5.90. The van der Waals surface area contributed by atoms with E-state index in [1.54, 1.807) is 0 Å². The second kappa shape index (κ2) is 5.37. The minimum Gasteiger partial charge on any atom is -0.394 e. The van der Waals surface area contributed by atoms with Crippen molar-refractivity contribution in [2.75, 3.05) is 12.1 Å². The van der Waals surface area contributed by atoms with Crippen LogP contribution >= 0.6 is 0 Å². The first-order valence-corrected chi connectivity index (χ1v) is 6.65. The predicted molar refractivity (Wildman–Crippen MR) is 73.1 cm³/mol. The summed E-state index contributed by atoms with van der Waals surface area (Å²) in [4.78, 5) is 7.78. The van der Waals surface area contributed by atoms with Gasteiger partial charge in [0.2, 0.25) is 0 Å². The molecular formula is C12H14N6O5. The zero-order valence-corrected chi connectivity index (χ0v) is 11.9. The van der Waals surface area contributed by atoms with Gasteiger partial charge in [0.05, 0.1) is 6.61 Å². The summed E-state index contributed by atoms with van der Waals surface area (Å²) in [7, 11) is 0. The van der Waals surface area contributed by atoms with E-state index in [1.165, 1.54) is 6.92 Å². The van der Waals surface area contributed by atoms with Crippen LogP contribution < -0.4 is 5.48 Å². The smallest absolute Gasteiger partial charge is 0.183 e. The van der Waals surface area contributed by atoms with Crippen molar-refractivity contribution in [3.63, 3.8) is 0 Å². The largest absolute Gasteiger partial charge is 0.394 e. The minimum absolute atomic E-state index is 0.0327. The molecule has 0 bridgehead atoms. The number of nitrogens with one attached hydrogen (secondary N) is 1. The van der Waals surface area contributed by atoms with Crippen LogP contribution in [0.15, 0.2) is 6.33 Å². The van der Waals surface area contributed by atoms with Crippen molar-refractivity contribution in [1.82, 2.24) is 19.7 Å². The van der Waals surface area contributed by atoms with Gasteiger partial charge in [0.1, 0.15) is 35.6 Å². The molecule has 23 heavy (non-hydrogen) atoms. The lowest BCUT2D eigenvalue weighted by Gasteiger charge is -2.26. The number of aliphatic hydroxyl groups is 3. The Morgan fingerprint density at radius 3 is 2.83 bits per heavy atom. The van der Waals surface area contributed by atoms with E-state index in [-0.39, 0.29) is 22.5 Å². The third-order valence-electron chi connectivity index (χ3n) is 3.86. The van der Waals surface area contributed by atoms with Crippen molar-refractivity contribution in [2.24, 2.45) is 0 Å². The number of anilines is 1. The van der Waals surface area contributed by atoms with Crippen LogP contribution in [0, 0.1) is 11.3 Å². The normalized spacial score (nSPS) is 30.5. The standard InChI is InChI=1S/C12H14N6O5/c1-12(21)8(20)6(3-19)23-11(12)18-10-7(5(2-13)16-18)9(17-22)14-4-15-10/h4,6,8,11,19-22H,3H2,1H3,(H,14,15,17)/t6-,8-,11-,12-/m1/s1. The van der Waals surface area contributed by atoms with Crippen LogP contribution in [0.5, 0.6) is 0 Å². The number of hydrogen-bond donors (Lipinski definition) is 5. The van der Waals surface area contributed by atoms with Crippen LogP contribution in [0.3, 0.4) is 0 Å². The Balaban J connectivity index is 2.20. The first-order valence-electron chi connectivity index (χ1n) is 6.65. The van der Waals surface area contributed by atoms with Gasteiger partial charge in [-0.3, -0.25) is 10.7 Å². The van der Waals surface area contributed by atoms with E-state index in [4.69, 9.17) is 9.94 Å². The molecule has 0 spiro atoms. The maximum atomic E-state index is 10.5. The number of nitrogens with zero attached hydrogens (tertiary/aromatic N) is 5. The second-order valence-corrected chi connectivity index (χ2v) is 5.32. The Kier molecular flexibility index (Phi) is 3.63. The molecule has 0 radical (unpaired) electrons. The molecule has 11 heteroatoms. The first kappa shape index (κ1) is 15.5. The van der Waals surface area contributed by atoms with E-state index in [1.807, 2.05) is 11.5 Å². The highest BCUT2D eigenvalue weighted by Crippen LogP contribution is 2.39. The summed E-state index contributed by atoms with van der Waals surface area (Å²) in [6, 6.07) is 1.84. The van der Waals surface area contributed by atoms with Crippen molar-refractivity contribution in [1.29, 1.82) is 5.26 Å². The molecule has 11 nitrogen and oxygen atoms in total. The number of ether oxygens (including phenoxy) is 1. The summed E-state index contributed by atoms with van der Waals surface area (Å²) < 4.78 is 6.58. The van der Waals surface area contributed by atoms with Gasteiger partial charge in [-0.05, 0) is 6.92 Å². The lowest BCUT2D eigenvalue weighted by Crippen LogP contribution is -2.44. The molecule has 2 aromatic heterocycles. The number of nitriles is 1. The SMILES string of the molecule is C[C@@]1(O)[C@H](O)[C@@H](CO)O[C@H]1n1nc(C#N)c2c(NO)ncnc21. The lowest BCUT2D eigenvalue weighted by atomic mass is 9.97. The van der Waals surface area contributed by atoms with E-state index in [0.717, 1.165) is 11.0 Å². The highest BCUT2D eigenvalue weighted by Gasteiger charge is 2.54. The molecule has 0 aliphatic carbocycles. The fourth-order valence-electron chi connectivity index (χ4n) is 2.65. The highest BCUT2D eigenvalue weighted by atomic mass is 16.6. The fraction of sp³-hybridized carbons (Fsp3) is 0.500. The Morgan fingerprint density at radius 1 is 1.52 bits per heavy atom. The predicted octanol–water partition coefficient (Wildman–Crippen LogP) is -1.50. The molecule has 1 saturated heterocycles. The van der Waals surface area contributed by atoms with Gasteiger partial charge in [-0.25, -0.2) is 14.6 Å². The van der Waals surface area contributed by atoms with E-state index >= 15 is 0 Å². The van der Waals surface area contributed by atoms with Crippen molar-refractivity contribution in [3.05, 3.63) is 12.0 Å². The Morgan fingerprint density at radius 2 is 2.26 bits per heavy atom. The van der Waals surface area contributed by atoms with Crippen molar-refractivity contribution in [3.8, 4) is 6.07 Å². The minimum atomic E-state index is -1.78. The van der Waals surface area contributed by atoms with Gasteiger partial charge in [-0.1, -0.05) is 0 Å². The van der Waals surface area contributed by atoms with Crippen LogP contribution in [-0.2, 0) is 4.74 Å². The number of rotatable bonds is 3. The zero-order valence-electron chi connectivity index (χ0n) is 11.9. The van der Waals surface area contributed by atoms with E-state index in [9.17, 15) is 20.6 Å². The Hall–Kier alpha value is -2.36. The van der Waals surface area contributed by atoms with Gasteiger partial charge in [-0.15, -0.1) is 0 Å². The number of aliphatic hydroxyl groups excluding tert-OH is 2. The van der Waals surface area contributed by atoms with Gasteiger partial charge >= 0.3 is 0 Å². The number of aromatic nitrogens is 4. The zero-order chi connectivity index (χ0) is 16.8. The Bertz CT molecular complexity index is 784. The van der Waals surface area contributed by atoms with Crippen molar-refractivity contribution in [2.45, 2.75) is 31.0 Å². The number of hydrogen-bond acceptors (Lipinski definition) is 10. The summed E-state index contributed by atoms with van der Waals surface area (Å²) in [5.41, 5.74) is 0.0852. The fourth-order valence-corrected chi connectivity index (χ4v) is 2.65. The molecule has 122 valence electrons. The van der Waals surface area contributed by atoms with E-state index < -0.39 is 30.6 Å². The van der Waals surface area contributed by atoms with Crippen LogP contribution in [0.2, 0.25) is 0 Å². The molecule has 0 unspecified atom stereocenters. The third kappa shape index (κ3) is 2.12. The summed E-state index contributed by atoms with van der Waals surface area (Å²) in [6.07, 6.45) is -2.44. The summed E-state index contributed by atoms with van der Waals surface area (Å²) >= 11 is 0. The lowest BCUT2D eigenvalue weighted by molar-refractivity contribution is -0.100. The van der Waals surface area contributed by atoms with Gasteiger partial charge < -0.3 is 20.1 Å². The molecule has 1 aliphatic heterocycles. The molecule has 3 heterocycles. The topological polar surface area (TPSA) is 170 Å². The average molecular weight is 322 g/mol. The average Bonchev–Trinajstić information content (AvgIpc) is 3.03.